The lowest BCUT2D eigenvalue weighted by Gasteiger charge is -1.97. The number of hydrogen-bond donors (Lipinski definition) is 1. The molecule has 20 heavy (non-hydrogen) atoms. The van der Waals surface area contributed by atoms with E-state index >= 15 is 0 Å². The summed E-state index contributed by atoms with van der Waals surface area (Å²) in [6, 6.07) is 18.2. The fourth-order valence-corrected chi connectivity index (χ4v) is 1.88. The van der Waals surface area contributed by atoms with Gasteiger partial charge in [-0.2, -0.15) is 0 Å². The second-order valence-corrected chi connectivity index (χ2v) is 4.25. The van der Waals surface area contributed by atoms with Gasteiger partial charge in [-0.1, -0.05) is 48.5 Å². The Morgan fingerprint density at radius 2 is 1.50 bits per heavy atom. The van der Waals surface area contributed by atoms with E-state index in [0.29, 0.717) is 5.56 Å². The number of hydrogen-bond acceptors (Lipinski definition) is 4. The Morgan fingerprint density at radius 3 is 2.15 bits per heavy atom. The molecule has 0 radical (unpaired) electrons. The monoisotopic (exact) mass is 264 g/mol. The number of aromatic nitrogens is 3. The zero-order valence-electron chi connectivity index (χ0n) is 10.6. The third kappa shape index (κ3) is 2.16. The normalized spacial score (nSPS) is 10.4. The molecule has 0 amide bonds. The van der Waals surface area contributed by atoms with Crippen molar-refractivity contribution in [3.8, 4) is 5.69 Å². The molecule has 5 nitrogen and oxygen atoms in total. The summed E-state index contributed by atoms with van der Waals surface area (Å²) in [5.74, 6) is -0.104. The maximum Gasteiger partial charge on any atom is 0.217 e. The molecule has 0 fully saturated rings. The van der Waals surface area contributed by atoms with Crippen LogP contribution >= 0.6 is 0 Å². The topological polar surface area (TPSA) is 73.8 Å². The van der Waals surface area contributed by atoms with Gasteiger partial charge in [0, 0.05) is 5.56 Å². The number of carbonyl (C=O) groups excluding carboxylic acids is 1. The molecule has 3 aromatic rings. The molecule has 2 aromatic carbocycles. The van der Waals surface area contributed by atoms with Crippen molar-refractivity contribution < 1.29 is 4.79 Å². The van der Waals surface area contributed by atoms with E-state index in [4.69, 9.17) is 5.73 Å². The van der Waals surface area contributed by atoms with Crippen LogP contribution in [0.4, 0.5) is 5.82 Å². The molecule has 5 heteroatoms. The second-order valence-electron chi connectivity index (χ2n) is 4.25. The molecule has 0 aliphatic carbocycles. The van der Waals surface area contributed by atoms with Crippen LogP contribution < -0.4 is 5.73 Å². The summed E-state index contributed by atoms with van der Waals surface area (Å²) >= 11 is 0. The van der Waals surface area contributed by atoms with Crippen LogP contribution in [0.15, 0.2) is 60.7 Å². The summed E-state index contributed by atoms with van der Waals surface area (Å²) in [6.07, 6.45) is 0. The minimum absolute atomic E-state index is 0.128. The van der Waals surface area contributed by atoms with Gasteiger partial charge in [-0.25, -0.2) is 0 Å². The molecule has 3 rings (SSSR count). The number of ketones is 1. The molecule has 0 atom stereocenters. The molecule has 0 unspecified atom stereocenters. The molecule has 1 aromatic heterocycles. The number of nitrogens with zero attached hydrogens (tertiary/aromatic N) is 3. The highest BCUT2D eigenvalue weighted by atomic mass is 16.1. The maximum absolute atomic E-state index is 12.3. The van der Waals surface area contributed by atoms with Crippen LogP contribution in [0.3, 0.4) is 0 Å². The lowest BCUT2D eigenvalue weighted by atomic mass is 10.1. The summed E-state index contributed by atoms with van der Waals surface area (Å²) < 4.78 is 0. The van der Waals surface area contributed by atoms with E-state index in [1.807, 2.05) is 36.4 Å². The zero-order chi connectivity index (χ0) is 13.9. The van der Waals surface area contributed by atoms with Gasteiger partial charge in [-0.15, -0.1) is 15.0 Å². The molecule has 0 aliphatic rings. The molecule has 0 bridgehead atoms. The smallest absolute Gasteiger partial charge is 0.217 e. The molecule has 0 saturated heterocycles. The summed E-state index contributed by atoms with van der Waals surface area (Å²) in [6.45, 7) is 0. The van der Waals surface area contributed by atoms with Crippen LogP contribution in [-0.4, -0.2) is 20.8 Å². The van der Waals surface area contributed by atoms with E-state index < -0.39 is 0 Å². The Kier molecular flexibility index (Phi) is 3.01. The van der Waals surface area contributed by atoms with Crippen LogP contribution in [0.5, 0.6) is 0 Å². The highest BCUT2D eigenvalue weighted by molar-refractivity contribution is 6.10. The Hall–Kier alpha value is -2.95. The Bertz CT molecular complexity index is 735. The van der Waals surface area contributed by atoms with E-state index in [9.17, 15) is 4.79 Å². The van der Waals surface area contributed by atoms with Crippen molar-refractivity contribution >= 4 is 11.6 Å². The number of para-hydroxylation sites is 1. The van der Waals surface area contributed by atoms with Crippen LogP contribution in [0.25, 0.3) is 5.69 Å². The number of nitrogen functional groups attached to an aromatic ring is 1. The van der Waals surface area contributed by atoms with E-state index in [0.717, 1.165) is 5.69 Å². The molecule has 2 N–H and O–H groups in total. The molecular weight excluding hydrogens is 252 g/mol. The Balaban J connectivity index is 2.00. The molecule has 0 aliphatic heterocycles. The van der Waals surface area contributed by atoms with Gasteiger partial charge in [0.15, 0.2) is 11.5 Å². The minimum atomic E-state index is -0.231. The predicted octanol–water partition coefficient (Wildman–Crippen LogP) is 2.08. The van der Waals surface area contributed by atoms with Gasteiger partial charge in [0.05, 0.1) is 5.69 Å². The van der Waals surface area contributed by atoms with Gasteiger partial charge in [-0.3, -0.25) is 4.79 Å². The Morgan fingerprint density at radius 1 is 0.900 bits per heavy atom. The first-order valence-electron chi connectivity index (χ1n) is 6.13. The van der Waals surface area contributed by atoms with Crippen molar-refractivity contribution in [2.24, 2.45) is 0 Å². The van der Waals surface area contributed by atoms with Gasteiger partial charge < -0.3 is 5.73 Å². The molecule has 1 heterocycles. The van der Waals surface area contributed by atoms with E-state index in [-0.39, 0.29) is 17.3 Å². The fraction of sp³-hybridized carbons (Fsp3) is 0. The van der Waals surface area contributed by atoms with Crippen molar-refractivity contribution in [2.45, 2.75) is 0 Å². The van der Waals surface area contributed by atoms with Crippen LogP contribution in [-0.2, 0) is 0 Å². The van der Waals surface area contributed by atoms with Gasteiger partial charge in [0.2, 0.25) is 5.78 Å². The summed E-state index contributed by atoms with van der Waals surface area (Å²) in [5.41, 5.74) is 7.27. The summed E-state index contributed by atoms with van der Waals surface area (Å²) in [4.78, 5) is 13.7. The first-order chi connectivity index (χ1) is 9.75. The predicted molar refractivity (Wildman–Crippen MR) is 75.6 cm³/mol. The number of rotatable bonds is 3. The van der Waals surface area contributed by atoms with E-state index in [2.05, 4.69) is 10.2 Å². The minimum Gasteiger partial charge on any atom is -0.380 e. The first kappa shape index (κ1) is 12.1. The second kappa shape index (κ2) is 4.97. The quantitative estimate of drug-likeness (QED) is 0.735. The Labute approximate surface area is 115 Å². The lowest BCUT2D eigenvalue weighted by Crippen LogP contribution is -2.05. The maximum atomic E-state index is 12.3. The summed E-state index contributed by atoms with van der Waals surface area (Å²) in [7, 11) is 0. The van der Waals surface area contributed by atoms with E-state index in [1.54, 1.807) is 24.3 Å². The average molecular weight is 264 g/mol. The zero-order valence-corrected chi connectivity index (χ0v) is 10.6. The fourth-order valence-electron chi connectivity index (χ4n) is 1.88. The molecule has 0 saturated carbocycles. The molecule has 98 valence electrons. The van der Waals surface area contributed by atoms with Crippen molar-refractivity contribution in [1.29, 1.82) is 0 Å². The van der Waals surface area contributed by atoms with Gasteiger partial charge in [0.1, 0.15) is 0 Å². The van der Waals surface area contributed by atoms with Crippen LogP contribution in [0.2, 0.25) is 0 Å². The van der Waals surface area contributed by atoms with Crippen molar-refractivity contribution in [1.82, 2.24) is 15.0 Å². The number of carbonyl (C=O) groups is 1. The largest absolute Gasteiger partial charge is 0.380 e. The van der Waals surface area contributed by atoms with Gasteiger partial charge in [-0.05, 0) is 12.1 Å². The number of nitrogens with two attached hydrogens (primary N) is 1. The molecule has 0 spiro atoms. The van der Waals surface area contributed by atoms with Crippen LogP contribution in [0, 0.1) is 0 Å². The van der Waals surface area contributed by atoms with Gasteiger partial charge in [0.25, 0.3) is 0 Å². The molecular formula is C15H12N4O. The summed E-state index contributed by atoms with van der Waals surface area (Å²) in [5, 5.41) is 8.28. The third-order valence-electron chi connectivity index (χ3n) is 2.88. The van der Waals surface area contributed by atoms with Gasteiger partial charge >= 0.3 is 0 Å². The van der Waals surface area contributed by atoms with Crippen molar-refractivity contribution in [3.05, 3.63) is 71.9 Å². The van der Waals surface area contributed by atoms with Crippen LogP contribution in [0.1, 0.15) is 16.1 Å². The van der Waals surface area contributed by atoms with Crippen molar-refractivity contribution in [2.75, 3.05) is 5.73 Å². The number of benzene rings is 2. The third-order valence-corrected chi connectivity index (χ3v) is 2.88. The number of anilines is 1. The standard InChI is InChI=1S/C15H12N4O/c16-15-13(14(20)11-7-3-1-4-8-11)17-19(18-15)12-9-5-2-6-10-12/h1-10H,(H2,16,18). The lowest BCUT2D eigenvalue weighted by molar-refractivity contribution is 0.103. The van der Waals surface area contributed by atoms with Crippen molar-refractivity contribution in [3.63, 3.8) is 0 Å². The average Bonchev–Trinajstić information content (AvgIpc) is 2.90. The highest BCUT2D eigenvalue weighted by Gasteiger charge is 2.18. The van der Waals surface area contributed by atoms with E-state index in [1.165, 1.54) is 4.80 Å². The highest BCUT2D eigenvalue weighted by Crippen LogP contribution is 2.14. The SMILES string of the molecule is Nc1nn(-c2ccccc2)nc1C(=O)c1ccccc1. The first-order valence-corrected chi connectivity index (χ1v) is 6.13.